The van der Waals surface area contributed by atoms with Crippen LogP contribution in [-0.4, -0.2) is 25.9 Å². The minimum Gasteiger partial charge on any atom is -0.289 e. The van der Waals surface area contributed by atoms with Gasteiger partial charge in [0.25, 0.3) is 0 Å². The molecule has 0 radical (unpaired) electrons. The summed E-state index contributed by atoms with van der Waals surface area (Å²) in [5.41, 5.74) is 6.43. The number of carbonyl (C=O) groups is 1. The normalized spacial score (nSPS) is 12.0. The Morgan fingerprint density at radius 2 is 1.86 bits per heavy atom. The molecule has 0 saturated carbocycles. The molecule has 6 nitrogen and oxygen atoms in total. The number of hydrogen-bond donors (Lipinski definition) is 2. The van der Waals surface area contributed by atoms with Crippen molar-refractivity contribution in [2.45, 2.75) is 59.9 Å². The first-order valence-electron chi connectivity index (χ1n) is 7.45. The van der Waals surface area contributed by atoms with Crippen LogP contribution >= 0.6 is 0 Å². The smallest absolute Gasteiger partial charge is 0.243 e. The van der Waals surface area contributed by atoms with Gasteiger partial charge in [-0.2, -0.15) is 5.10 Å². The van der Waals surface area contributed by atoms with Gasteiger partial charge in [0, 0.05) is 17.5 Å². The van der Waals surface area contributed by atoms with E-state index in [1.165, 1.54) is 0 Å². The van der Waals surface area contributed by atoms with Crippen LogP contribution in [0.5, 0.6) is 0 Å². The molecule has 0 spiro atoms. The van der Waals surface area contributed by atoms with Gasteiger partial charge in [0.15, 0.2) is 5.65 Å². The molecule has 0 aliphatic carbocycles. The Hall–Kier alpha value is -1.95. The molecule has 2 N–H and O–H groups in total. The maximum absolute atomic E-state index is 11.3. The first kappa shape index (κ1) is 16.4. The third-order valence-electron chi connectivity index (χ3n) is 3.94. The lowest BCUT2D eigenvalue weighted by Crippen LogP contribution is -2.23. The van der Waals surface area contributed by atoms with Crippen molar-refractivity contribution in [1.29, 1.82) is 0 Å². The van der Waals surface area contributed by atoms with Gasteiger partial charge in [-0.3, -0.25) is 10.0 Å². The van der Waals surface area contributed by atoms with Crippen LogP contribution in [0.15, 0.2) is 0 Å². The van der Waals surface area contributed by atoms with E-state index in [9.17, 15) is 4.79 Å². The van der Waals surface area contributed by atoms with Crippen molar-refractivity contribution in [3.05, 3.63) is 22.5 Å². The maximum Gasteiger partial charge on any atom is 0.243 e. The average molecular weight is 304 g/mol. The van der Waals surface area contributed by atoms with E-state index in [-0.39, 0.29) is 17.9 Å². The molecule has 0 saturated heterocycles. The number of aryl methyl sites for hydroxylation is 3. The summed E-state index contributed by atoms with van der Waals surface area (Å²) in [7, 11) is 0. The lowest BCUT2D eigenvalue weighted by Gasteiger charge is -2.20. The molecular weight excluding hydrogens is 280 g/mol. The first-order valence-corrected chi connectivity index (χ1v) is 7.45. The molecule has 2 aromatic heterocycles. The van der Waals surface area contributed by atoms with Gasteiger partial charge in [-0.05, 0) is 59.1 Å². The maximum atomic E-state index is 11.3. The van der Waals surface area contributed by atoms with Crippen molar-refractivity contribution < 1.29 is 10.0 Å². The van der Waals surface area contributed by atoms with Gasteiger partial charge < -0.3 is 0 Å². The van der Waals surface area contributed by atoms with Gasteiger partial charge in [0.2, 0.25) is 5.91 Å². The highest BCUT2D eigenvalue weighted by Crippen LogP contribution is 2.29. The van der Waals surface area contributed by atoms with Gasteiger partial charge in [-0.25, -0.2) is 15.1 Å². The Balaban J connectivity index is 2.59. The van der Waals surface area contributed by atoms with Crippen LogP contribution < -0.4 is 5.48 Å². The zero-order valence-electron chi connectivity index (χ0n) is 14.1. The summed E-state index contributed by atoms with van der Waals surface area (Å²) < 4.78 is 1.96. The minimum absolute atomic E-state index is 0.142. The number of pyridine rings is 1. The first-order chi connectivity index (χ1) is 10.2. The van der Waals surface area contributed by atoms with E-state index in [0.717, 1.165) is 33.5 Å². The van der Waals surface area contributed by atoms with E-state index in [2.05, 4.69) is 25.9 Å². The van der Waals surface area contributed by atoms with E-state index in [1.807, 2.05) is 25.5 Å². The number of carbonyl (C=O) groups excluding carboxylic acids is 1. The second-order valence-corrected chi connectivity index (χ2v) is 6.70. The molecule has 2 aromatic rings. The van der Waals surface area contributed by atoms with E-state index >= 15 is 0 Å². The summed E-state index contributed by atoms with van der Waals surface area (Å²) in [6.07, 6.45) is 0.783. The number of nitrogens with one attached hydrogen (secondary N) is 1. The van der Waals surface area contributed by atoms with Crippen LogP contribution in [0.2, 0.25) is 0 Å². The topological polar surface area (TPSA) is 80.0 Å². The molecule has 0 aliphatic heterocycles. The quantitative estimate of drug-likeness (QED) is 0.674. The Morgan fingerprint density at radius 1 is 1.23 bits per heavy atom. The summed E-state index contributed by atoms with van der Waals surface area (Å²) >= 11 is 0. The van der Waals surface area contributed by atoms with Crippen LogP contribution in [-0.2, 0) is 16.8 Å². The summed E-state index contributed by atoms with van der Waals surface area (Å²) in [6.45, 7) is 12.3. The van der Waals surface area contributed by atoms with Crippen LogP contribution in [0.3, 0.4) is 0 Å². The van der Waals surface area contributed by atoms with Gasteiger partial charge in [-0.1, -0.05) is 0 Å². The van der Waals surface area contributed by atoms with Crippen molar-refractivity contribution in [1.82, 2.24) is 20.2 Å². The highest BCUT2D eigenvalue weighted by molar-refractivity contribution is 5.84. The summed E-state index contributed by atoms with van der Waals surface area (Å²) in [6, 6.07) is 0. The summed E-state index contributed by atoms with van der Waals surface area (Å²) in [4.78, 5) is 16.0. The molecule has 2 heterocycles. The monoisotopic (exact) mass is 304 g/mol. The predicted molar refractivity (Wildman–Crippen MR) is 85.0 cm³/mol. The number of nitrogens with zero attached hydrogens (tertiary/aromatic N) is 3. The average Bonchev–Trinajstić information content (AvgIpc) is 2.75. The minimum atomic E-state index is -0.388. The zero-order chi connectivity index (χ0) is 16.7. The van der Waals surface area contributed by atoms with Gasteiger partial charge >= 0.3 is 0 Å². The molecule has 0 bridgehead atoms. The van der Waals surface area contributed by atoms with Crippen LogP contribution in [0.25, 0.3) is 11.0 Å². The lowest BCUT2D eigenvalue weighted by molar-refractivity contribution is -0.129. The molecule has 0 fully saturated rings. The fraction of sp³-hybridized carbons (Fsp3) is 0.562. The Bertz CT molecular complexity index is 726. The molecule has 1 amide bonds. The number of hydroxylamine groups is 1. The van der Waals surface area contributed by atoms with Crippen molar-refractivity contribution in [3.8, 4) is 0 Å². The van der Waals surface area contributed by atoms with Crippen molar-refractivity contribution >= 4 is 16.9 Å². The standard InChI is InChI=1S/C16H24N4O2/c1-9-12(7-8-13(21)19-22)10(2)17-15-14(9)11(3)18-20(15)16(4,5)6/h22H,7-8H2,1-6H3,(H,19,21). The lowest BCUT2D eigenvalue weighted by atomic mass is 9.99. The molecule has 0 aromatic carbocycles. The SMILES string of the molecule is Cc1nc2c(c(C)nn2C(C)(C)C)c(C)c1CCC(=O)NO. The van der Waals surface area contributed by atoms with E-state index in [4.69, 9.17) is 10.2 Å². The molecule has 6 heteroatoms. The summed E-state index contributed by atoms with van der Waals surface area (Å²) in [5.74, 6) is -0.388. The number of rotatable bonds is 3. The van der Waals surface area contributed by atoms with Crippen molar-refractivity contribution in [2.24, 2.45) is 0 Å². The fourth-order valence-electron chi connectivity index (χ4n) is 2.84. The van der Waals surface area contributed by atoms with Gasteiger partial charge in [0.05, 0.1) is 11.2 Å². The third-order valence-corrected chi connectivity index (χ3v) is 3.94. The molecule has 0 unspecified atom stereocenters. The predicted octanol–water partition coefficient (Wildman–Crippen LogP) is 2.55. The number of aromatic nitrogens is 3. The number of amides is 1. The fourth-order valence-corrected chi connectivity index (χ4v) is 2.84. The second-order valence-electron chi connectivity index (χ2n) is 6.70. The van der Waals surface area contributed by atoms with Crippen LogP contribution in [0.1, 0.15) is 49.7 Å². The molecule has 22 heavy (non-hydrogen) atoms. The van der Waals surface area contributed by atoms with E-state index < -0.39 is 0 Å². The highest BCUT2D eigenvalue weighted by Gasteiger charge is 2.23. The molecule has 0 aliphatic rings. The molecule has 0 atom stereocenters. The van der Waals surface area contributed by atoms with Crippen LogP contribution in [0, 0.1) is 20.8 Å². The Kier molecular flexibility index (Phi) is 4.24. The molecule has 120 valence electrons. The van der Waals surface area contributed by atoms with Gasteiger partial charge in [-0.15, -0.1) is 0 Å². The van der Waals surface area contributed by atoms with Crippen molar-refractivity contribution in [3.63, 3.8) is 0 Å². The Labute approximate surface area is 130 Å². The van der Waals surface area contributed by atoms with Gasteiger partial charge in [0.1, 0.15) is 0 Å². The number of hydrogen-bond acceptors (Lipinski definition) is 4. The third kappa shape index (κ3) is 2.83. The Morgan fingerprint density at radius 3 is 2.41 bits per heavy atom. The molecular formula is C16H24N4O2. The largest absolute Gasteiger partial charge is 0.289 e. The second kappa shape index (κ2) is 5.68. The number of fused-ring (bicyclic) bond motifs is 1. The molecule has 2 rings (SSSR count). The van der Waals surface area contributed by atoms with Crippen LogP contribution in [0.4, 0.5) is 0 Å². The van der Waals surface area contributed by atoms with E-state index in [0.29, 0.717) is 6.42 Å². The highest BCUT2D eigenvalue weighted by atomic mass is 16.5. The zero-order valence-corrected chi connectivity index (χ0v) is 14.1. The van der Waals surface area contributed by atoms with Crippen molar-refractivity contribution in [2.75, 3.05) is 0 Å². The summed E-state index contributed by atoms with van der Waals surface area (Å²) in [5, 5.41) is 14.3. The van der Waals surface area contributed by atoms with E-state index in [1.54, 1.807) is 5.48 Å².